The Labute approximate surface area is 229 Å². The molecule has 0 atom stereocenters. The molecule has 0 amide bonds. The van der Waals surface area contributed by atoms with Crippen LogP contribution in [0.15, 0.2) is 140 Å². The first-order chi connectivity index (χ1) is 19.2. The second-order valence-corrected chi connectivity index (χ2v) is 9.61. The number of nitrogen functional groups attached to an aromatic ring is 1. The van der Waals surface area contributed by atoms with Crippen LogP contribution in [-0.4, -0.2) is 12.0 Å². The summed E-state index contributed by atoms with van der Waals surface area (Å²) in [6.07, 6.45) is 0. The highest BCUT2D eigenvalue weighted by Gasteiger charge is 2.11. The van der Waals surface area contributed by atoms with E-state index in [1.807, 2.05) is 31.3 Å². The van der Waals surface area contributed by atoms with Gasteiger partial charge in [0.15, 0.2) is 0 Å². The summed E-state index contributed by atoms with van der Waals surface area (Å²) in [6, 6.07) is 48.4. The van der Waals surface area contributed by atoms with Gasteiger partial charge in [-0.05, 0) is 81.9 Å². The van der Waals surface area contributed by atoms with E-state index in [4.69, 9.17) is 10.7 Å². The van der Waals surface area contributed by atoms with Crippen molar-refractivity contribution in [2.75, 3.05) is 18.1 Å². The van der Waals surface area contributed by atoms with Crippen LogP contribution >= 0.6 is 0 Å². The molecule has 188 valence electrons. The van der Waals surface area contributed by atoms with Crippen LogP contribution < -0.4 is 11.1 Å². The molecular weight excluding hydrogens is 474 g/mol. The number of anilines is 2. The maximum absolute atomic E-state index is 6.07. The fraction of sp³-hybridized carbons (Fsp3) is 0.0278. The quantitative estimate of drug-likeness (QED) is 0.223. The molecule has 39 heavy (non-hydrogen) atoms. The number of nitrogens with zero attached hydrogens (tertiary/aromatic N) is 1. The Morgan fingerprint density at radius 2 is 0.923 bits per heavy atom. The third-order valence-corrected chi connectivity index (χ3v) is 6.95. The summed E-state index contributed by atoms with van der Waals surface area (Å²) < 4.78 is 0. The molecule has 0 aliphatic heterocycles. The maximum atomic E-state index is 6.07. The molecule has 3 heteroatoms. The summed E-state index contributed by atoms with van der Waals surface area (Å²) in [6.45, 7) is 0. The van der Waals surface area contributed by atoms with E-state index in [-0.39, 0.29) is 0 Å². The van der Waals surface area contributed by atoms with E-state index in [2.05, 4.69) is 121 Å². The lowest BCUT2D eigenvalue weighted by Crippen LogP contribution is -1.92. The van der Waals surface area contributed by atoms with Gasteiger partial charge in [0.25, 0.3) is 0 Å². The van der Waals surface area contributed by atoms with Crippen LogP contribution in [0.2, 0.25) is 0 Å². The summed E-state index contributed by atoms with van der Waals surface area (Å²) in [4.78, 5) is 5.12. The molecule has 0 unspecified atom stereocenters. The van der Waals surface area contributed by atoms with Gasteiger partial charge >= 0.3 is 0 Å². The Hall–Kier alpha value is -5.15. The minimum Gasteiger partial charge on any atom is -0.399 e. The average Bonchev–Trinajstić information content (AvgIpc) is 3.01. The second-order valence-electron chi connectivity index (χ2n) is 9.61. The van der Waals surface area contributed by atoms with Crippen molar-refractivity contribution in [3.05, 3.63) is 140 Å². The third kappa shape index (κ3) is 5.29. The molecule has 0 radical (unpaired) electrons. The predicted molar refractivity (Wildman–Crippen MR) is 165 cm³/mol. The lowest BCUT2D eigenvalue weighted by atomic mass is 9.95. The summed E-state index contributed by atoms with van der Waals surface area (Å²) in [5, 5.41) is 3.24. The zero-order valence-corrected chi connectivity index (χ0v) is 21.8. The molecule has 6 aromatic rings. The molecule has 1 heterocycles. The first-order valence-electron chi connectivity index (χ1n) is 13.1. The molecule has 0 aliphatic rings. The molecule has 0 saturated heterocycles. The Bertz CT molecular complexity index is 1760. The minimum atomic E-state index is 0.754. The fourth-order valence-electron chi connectivity index (χ4n) is 4.91. The van der Waals surface area contributed by atoms with Crippen molar-refractivity contribution >= 4 is 11.4 Å². The van der Waals surface area contributed by atoms with E-state index in [1.54, 1.807) is 0 Å². The van der Waals surface area contributed by atoms with Gasteiger partial charge in [-0.15, -0.1) is 0 Å². The zero-order chi connectivity index (χ0) is 26.6. The van der Waals surface area contributed by atoms with Crippen molar-refractivity contribution in [1.82, 2.24) is 4.98 Å². The van der Waals surface area contributed by atoms with E-state index in [9.17, 15) is 0 Å². The minimum absolute atomic E-state index is 0.754. The summed E-state index contributed by atoms with van der Waals surface area (Å²) in [5.74, 6) is 0. The van der Waals surface area contributed by atoms with Crippen molar-refractivity contribution in [3.63, 3.8) is 0 Å². The standard InChI is InChI=1S/C36H29N3/c1-38-34-18-8-15-30(22-34)26-11-5-13-28(19-26)32-23-35(25-9-3-2-4-10-25)39-36(24-32)31-16-6-12-27(20-31)29-14-7-17-33(37)21-29/h2-24,38H,37H2,1H3. The van der Waals surface area contributed by atoms with Crippen LogP contribution in [0.5, 0.6) is 0 Å². The molecule has 0 aliphatic carbocycles. The lowest BCUT2D eigenvalue weighted by Gasteiger charge is -2.13. The molecule has 6 rings (SSSR count). The first-order valence-corrected chi connectivity index (χ1v) is 13.1. The second kappa shape index (κ2) is 10.7. The summed E-state index contributed by atoms with van der Waals surface area (Å²) >= 11 is 0. The summed E-state index contributed by atoms with van der Waals surface area (Å²) in [7, 11) is 1.95. The van der Waals surface area contributed by atoms with E-state index >= 15 is 0 Å². The Morgan fingerprint density at radius 3 is 1.59 bits per heavy atom. The maximum Gasteiger partial charge on any atom is 0.0715 e. The SMILES string of the molecule is CNc1cccc(-c2cccc(-c3cc(-c4ccccc4)nc(-c4cccc(-c5cccc(N)c5)c4)c3)c2)c1. The van der Waals surface area contributed by atoms with Crippen molar-refractivity contribution in [2.45, 2.75) is 0 Å². The number of rotatable bonds is 6. The Morgan fingerprint density at radius 1 is 0.436 bits per heavy atom. The number of pyridine rings is 1. The molecule has 0 fully saturated rings. The number of aromatic nitrogens is 1. The van der Waals surface area contributed by atoms with E-state index in [0.29, 0.717) is 0 Å². The third-order valence-electron chi connectivity index (χ3n) is 6.95. The van der Waals surface area contributed by atoms with Crippen LogP contribution in [0, 0.1) is 0 Å². The average molecular weight is 504 g/mol. The Kier molecular flexibility index (Phi) is 6.63. The molecule has 0 bridgehead atoms. The molecule has 5 aromatic carbocycles. The van der Waals surface area contributed by atoms with E-state index in [1.165, 1.54) is 11.1 Å². The Balaban J connectivity index is 1.48. The molecule has 3 N–H and O–H groups in total. The van der Waals surface area contributed by atoms with Gasteiger partial charge in [-0.3, -0.25) is 0 Å². The molecule has 0 saturated carbocycles. The normalized spacial score (nSPS) is 10.8. The van der Waals surface area contributed by atoms with Crippen molar-refractivity contribution in [1.29, 1.82) is 0 Å². The van der Waals surface area contributed by atoms with E-state index in [0.717, 1.165) is 56.1 Å². The van der Waals surface area contributed by atoms with Crippen LogP contribution in [0.4, 0.5) is 11.4 Å². The molecule has 0 spiro atoms. The van der Waals surface area contributed by atoms with Gasteiger partial charge < -0.3 is 11.1 Å². The smallest absolute Gasteiger partial charge is 0.0715 e. The van der Waals surface area contributed by atoms with Gasteiger partial charge in [0.05, 0.1) is 11.4 Å². The van der Waals surface area contributed by atoms with Crippen LogP contribution in [-0.2, 0) is 0 Å². The number of nitrogens with one attached hydrogen (secondary N) is 1. The first kappa shape index (κ1) is 24.2. The van der Waals surface area contributed by atoms with Crippen molar-refractivity contribution < 1.29 is 0 Å². The van der Waals surface area contributed by atoms with Gasteiger partial charge in [-0.1, -0.05) is 91.0 Å². The van der Waals surface area contributed by atoms with Crippen molar-refractivity contribution in [2.24, 2.45) is 0 Å². The van der Waals surface area contributed by atoms with E-state index < -0.39 is 0 Å². The number of benzene rings is 5. The van der Waals surface area contributed by atoms with Gasteiger partial charge in [-0.2, -0.15) is 0 Å². The highest BCUT2D eigenvalue weighted by atomic mass is 14.8. The van der Waals surface area contributed by atoms with Gasteiger partial charge in [0.1, 0.15) is 0 Å². The zero-order valence-electron chi connectivity index (χ0n) is 21.8. The van der Waals surface area contributed by atoms with Crippen LogP contribution in [0.25, 0.3) is 55.9 Å². The van der Waals surface area contributed by atoms with Gasteiger partial charge in [-0.25, -0.2) is 4.98 Å². The molecule has 1 aromatic heterocycles. The molecular formula is C36H29N3. The monoisotopic (exact) mass is 503 g/mol. The molecule has 3 nitrogen and oxygen atoms in total. The van der Waals surface area contributed by atoms with Crippen molar-refractivity contribution in [3.8, 4) is 55.9 Å². The topological polar surface area (TPSA) is 50.9 Å². The highest BCUT2D eigenvalue weighted by Crippen LogP contribution is 2.34. The fourth-order valence-corrected chi connectivity index (χ4v) is 4.91. The van der Waals surface area contributed by atoms with Crippen LogP contribution in [0.1, 0.15) is 0 Å². The van der Waals surface area contributed by atoms with Gasteiger partial charge in [0, 0.05) is 29.5 Å². The summed E-state index contributed by atoms with van der Waals surface area (Å²) in [5.41, 5.74) is 18.8. The highest BCUT2D eigenvalue weighted by molar-refractivity contribution is 5.81. The van der Waals surface area contributed by atoms with Crippen LogP contribution in [0.3, 0.4) is 0 Å². The number of hydrogen-bond acceptors (Lipinski definition) is 3. The lowest BCUT2D eigenvalue weighted by molar-refractivity contribution is 1.32. The number of nitrogens with two attached hydrogens (primary N) is 1. The number of hydrogen-bond donors (Lipinski definition) is 2. The largest absolute Gasteiger partial charge is 0.399 e. The predicted octanol–water partition coefficient (Wildman–Crippen LogP) is 9.04. The van der Waals surface area contributed by atoms with Gasteiger partial charge in [0.2, 0.25) is 0 Å².